The largest absolute Gasteiger partial charge is 0.465 e. The highest BCUT2D eigenvalue weighted by Gasteiger charge is 2.16. The van der Waals surface area contributed by atoms with Gasteiger partial charge in [-0.2, -0.15) is 0 Å². The summed E-state index contributed by atoms with van der Waals surface area (Å²) in [6.45, 7) is 5.16. The van der Waals surface area contributed by atoms with Crippen LogP contribution < -0.4 is 5.73 Å². The first-order chi connectivity index (χ1) is 7.67. The molecule has 16 heavy (non-hydrogen) atoms. The fourth-order valence-corrected chi connectivity index (χ4v) is 1.45. The first-order valence-electron chi connectivity index (χ1n) is 5.60. The van der Waals surface area contributed by atoms with E-state index in [1.807, 2.05) is 10.8 Å². The van der Waals surface area contributed by atoms with Crippen molar-refractivity contribution in [2.75, 3.05) is 6.61 Å². The van der Waals surface area contributed by atoms with Crippen LogP contribution in [0.2, 0.25) is 0 Å². The molecular weight excluding hydrogens is 206 g/mol. The third-order valence-corrected chi connectivity index (χ3v) is 2.19. The molecule has 1 rings (SSSR count). The number of aromatic nitrogens is 2. The summed E-state index contributed by atoms with van der Waals surface area (Å²) in [7, 11) is 0. The van der Waals surface area contributed by atoms with Gasteiger partial charge >= 0.3 is 5.97 Å². The Bertz CT molecular complexity index is 336. The molecule has 0 bridgehead atoms. The smallest absolute Gasteiger partial charge is 0.323 e. The van der Waals surface area contributed by atoms with Crippen LogP contribution >= 0.6 is 0 Å². The molecule has 1 atom stereocenters. The summed E-state index contributed by atoms with van der Waals surface area (Å²) in [5.41, 5.74) is 6.52. The van der Waals surface area contributed by atoms with Crippen molar-refractivity contribution < 1.29 is 9.53 Å². The van der Waals surface area contributed by atoms with E-state index in [1.54, 1.807) is 13.3 Å². The number of nitrogens with two attached hydrogens (primary N) is 1. The van der Waals surface area contributed by atoms with E-state index in [4.69, 9.17) is 10.5 Å². The number of carbonyl (C=O) groups is 1. The number of rotatable bonds is 6. The number of carbonyl (C=O) groups excluding carboxylic acids is 1. The van der Waals surface area contributed by atoms with Crippen molar-refractivity contribution in [3.05, 3.63) is 18.2 Å². The molecule has 0 aliphatic carbocycles. The van der Waals surface area contributed by atoms with E-state index in [-0.39, 0.29) is 5.97 Å². The Labute approximate surface area is 95.6 Å². The van der Waals surface area contributed by atoms with Gasteiger partial charge in [0.1, 0.15) is 6.04 Å². The second-order valence-electron chi connectivity index (χ2n) is 3.67. The van der Waals surface area contributed by atoms with Gasteiger partial charge in [0.25, 0.3) is 0 Å². The molecule has 0 saturated carbocycles. The van der Waals surface area contributed by atoms with Crippen LogP contribution in [0.4, 0.5) is 0 Å². The van der Waals surface area contributed by atoms with Crippen LogP contribution in [0.15, 0.2) is 12.5 Å². The highest BCUT2D eigenvalue weighted by atomic mass is 16.5. The molecule has 2 N–H and O–H groups in total. The van der Waals surface area contributed by atoms with E-state index in [1.165, 1.54) is 0 Å². The zero-order valence-electron chi connectivity index (χ0n) is 9.85. The highest BCUT2D eigenvalue weighted by molar-refractivity contribution is 5.75. The molecule has 0 aromatic carbocycles. The van der Waals surface area contributed by atoms with Crippen molar-refractivity contribution in [1.82, 2.24) is 9.55 Å². The SMILES string of the molecule is CCCn1cnc(C[C@H](N)C(=O)OCC)c1. The Kier molecular flexibility index (Phi) is 4.98. The van der Waals surface area contributed by atoms with Crippen LogP contribution in [-0.4, -0.2) is 28.2 Å². The number of hydrogen-bond acceptors (Lipinski definition) is 4. The van der Waals surface area contributed by atoms with Crippen molar-refractivity contribution in [3.8, 4) is 0 Å². The average Bonchev–Trinajstić information content (AvgIpc) is 2.66. The molecule has 1 aromatic heterocycles. The average molecular weight is 225 g/mol. The molecule has 0 aliphatic rings. The standard InChI is InChI=1S/C11H19N3O2/c1-3-5-14-7-9(13-8-14)6-10(12)11(15)16-4-2/h7-8,10H,3-6,12H2,1-2H3/t10-/m0/s1. The number of esters is 1. The molecule has 0 spiro atoms. The Morgan fingerprint density at radius 3 is 3.00 bits per heavy atom. The Morgan fingerprint density at radius 2 is 2.38 bits per heavy atom. The van der Waals surface area contributed by atoms with E-state index in [0.717, 1.165) is 18.7 Å². The van der Waals surface area contributed by atoms with Gasteiger partial charge in [0.2, 0.25) is 0 Å². The number of aryl methyl sites for hydroxylation is 1. The Hall–Kier alpha value is -1.36. The molecule has 0 radical (unpaired) electrons. The van der Waals surface area contributed by atoms with E-state index in [9.17, 15) is 4.79 Å². The molecular formula is C11H19N3O2. The van der Waals surface area contributed by atoms with Gasteiger partial charge in [-0.3, -0.25) is 4.79 Å². The summed E-state index contributed by atoms with van der Waals surface area (Å²) in [5, 5.41) is 0. The Morgan fingerprint density at radius 1 is 1.62 bits per heavy atom. The molecule has 5 nitrogen and oxygen atoms in total. The summed E-state index contributed by atoms with van der Waals surface area (Å²) in [6.07, 6.45) is 5.16. The van der Waals surface area contributed by atoms with Gasteiger partial charge in [0.15, 0.2) is 0 Å². The second kappa shape index (κ2) is 6.27. The lowest BCUT2D eigenvalue weighted by Gasteiger charge is -2.08. The predicted molar refractivity (Wildman–Crippen MR) is 60.8 cm³/mol. The summed E-state index contributed by atoms with van der Waals surface area (Å²) < 4.78 is 6.82. The first kappa shape index (κ1) is 12.7. The van der Waals surface area contributed by atoms with Gasteiger partial charge in [0, 0.05) is 19.2 Å². The third kappa shape index (κ3) is 3.66. The van der Waals surface area contributed by atoms with Crippen LogP contribution in [0.25, 0.3) is 0 Å². The number of imidazole rings is 1. The Balaban J connectivity index is 2.48. The lowest BCUT2D eigenvalue weighted by atomic mass is 10.2. The van der Waals surface area contributed by atoms with E-state index >= 15 is 0 Å². The van der Waals surface area contributed by atoms with Crippen molar-refractivity contribution in [2.45, 2.75) is 39.3 Å². The number of ether oxygens (including phenoxy) is 1. The molecule has 0 unspecified atom stereocenters. The molecule has 1 heterocycles. The maximum absolute atomic E-state index is 11.3. The maximum atomic E-state index is 11.3. The second-order valence-corrected chi connectivity index (χ2v) is 3.67. The summed E-state index contributed by atoms with van der Waals surface area (Å²) in [5.74, 6) is -0.368. The summed E-state index contributed by atoms with van der Waals surface area (Å²) >= 11 is 0. The fourth-order valence-electron chi connectivity index (χ4n) is 1.45. The van der Waals surface area contributed by atoms with Crippen LogP contribution in [0.5, 0.6) is 0 Å². The molecule has 90 valence electrons. The van der Waals surface area contributed by atoms with Gasteiger partial charge in [-0.1, -0.05) is 6.92 Å². The van der Waals surface area contributed by atoms with E-state index < -0.39 is 6.04 Å². The lowest BCUT2D eigenvalue weighted by Crippen LogP contribution is -2.34. The topological polar surface area (TPSA) is 70.1 Å². The highest BCUT2D eigenvalue weighted by Crippen LogP contribution is 2.02. The van der Waals surface area contributed by atoms with Crippen molar-refractivity contribution in [1.29, 1.82) is 0 Å². The van der Waals surface area contributed by atoms with Crippen molar-refractivity contribution >= 4 is 5.97 Å². The first-order valence-corrected chi connectivity index (χ1v) is 5.60. The van der Waals surface area contributed by atoms with Crippen molar-refractivity contribution in [2.24, 2.45) is 5.73 Å². The van der Waals surface area contributed by atoms with Gasteiger partial charge in [0.05, 0.1) is 18.6 Å². The van der Waals surface area contributed by atoms with Gasteiger partial charge in [-0.15, -0.1) is 0 Å². The van der Waals surface area contributed by atoms with Gasteiger partial charge < -0.3 is 15.0 Å². The molecule has 5 heteroatoms. The lowest BCUT2D eigenvalue weighted by molar-refractivity contribution is -0.144. The van der Waals surface area contributed by atoms with Crippen LogP contribution in [-0.2, 0) is 22.5 Å². The number of nitrogens with zero attached hydrogens (tertiary/aromatic N) is 2. The minimum Gasteiger partial charge on any atom is -0.465 e. The van der Waals surface area contributed by atoms with Crippen molar-refractivity contribution in [3.63, 3.8) is 0 Å². The van der Waals surface area contributed by atoms with E-state index in [0.29, 0.717) is 13.0 Å². The summed E-state index contributed by atoms with van der Waals surface area (Å²) in [4.78, 5) is 15.5. The molecule has 0 aliphatic heterocycles. The quantitative estimate of drug-likeness (QED) is 0.724. The zero-order chi connectivity index (χ0) is 12.0. The minimum absolute atomic E-state index is 0.358. The van der Waals surface area contributed by atoms with E-state index in [2.05, 4.69) is 11.9 Å². The van der Waals surface area contributed by atoms with Crippen LogP contribution in [0, 0.1) is 0 Å². The monoisotopic (exact) mass is 225 g/mol. The molecule has 1 aromatic rings. The fraction of sp³-hybridized carbons (Fsp3) is 0.636. The predicted octanol–water partition coefficient (Wildman–Crippen LogP) is 0.726. The molecule has 0 fully saturated rings. The summed E-state index contributed by atoms with van der Waals surface area (Å²) in [6, 6.07) is -0.620. The maximum Gasteiger partial charge on any atom is 0.323 e. The van der Waals surface area contributed by atoms with Gasteiger partial charge in [-0.05, 0) is 13.3 Å². The minimum atomic E-state index is -0.620. The normalized spacial score (nSPS) is 12.4. The zero-order valence-corrected chi connectivity index (χ0v) is 9.85. The third-order valence-electron chi connectivity index (χ3n) is 2.19. The number of hydrogen-bond donors (Lipinski definition) is 1. The van der Waals surface area contributed by atoms with Crippen LogP contribution in [0.1, 0.15) is 26.0 Å². The molecule has 0 amide bonds. The van der Waals surface area contributed by atoms with Crippen LogP contribution in [0.3, 0.4) is 0 Å². The van der Waals surface area contributed by atoms with Gasteiger partial charge in [-0.25, -0.2) is 4.98 Å². The molecule has 0 saturated heterocycles.